The van der Waals surface area contributed by atoms with Gasteiger partial charge < -0.3 is 9.84 Å². The van der Waals surface area contributed by atoms with E-state index in [1.807, 2.05) is 13.0 Å². The SMILES string of the molecule is CC(=O)CC(=O)O.CCOc1c(Cl)cccc1C#N. The topological polar surface area (TPSA) is 87.4 Å². The molecule has 6 heteroatoms. The highest BCUT2D eigenvalue weighted by atomic mass is 35.5. The zero-order chi connectivity index (χ0) is 14.8. The van der Waals surface area contributed by atoms with Gasteiger partial charge in [-0.15, -0.1) is 0 Å². The van der Waals surface area contributed by atoms with Gasteiger partial charge in [0.15, 0.2) is 5.75 Å². The van der Waals surface area contributed by atoms with Gasteiger partial charge in [0.05, 0.1) is 17.2 Å². The lowest BCUT2D eigenvalue weighted by Gasteiger charge is -2.05. The maximum Gasteiger partial charge on any atom is 0.310 e. The van der Waals surface area contributed by atoms with E-state index in [9.17, 15) is 9.59 Å². The zero-order valence-corrected chi connectivity index (χ0v) is 11.4. The lowest BCUT2D eigenvalue weighted by atomic mass is 10.2. The van der Waals surface area contributed by atoms with Gasteiger partial charge >= 0.3 is 5.97 Å². The molecular weight excluding hydrogens is 270 g/mol. The average molecular weight is 284 g/mol. The standard InChI is InChI=1S/C9H8ClNO.C4H6O3/c1-2-12-9-7(6-11)4-3-5-8(9)10;1-3(5)2-4(6)7/h3-5H,2H2,1H3;2H2,1H3,(H,6,7). The Bertz CT molecular complexity index is 482. The van der Waals surface area contributed by atoms with Crippen LogP contribution in [0.5, 0.6) is 5.75 Å². The summed E-state index contributed by atoms with van der Waals surface area (Å²) in [5, 5.41) is 17.0. The number of nitrogens with zero attached hydrogens (tertiary/aromatic N) is 1. The zero-order valence-electron chi connectivity index (χ0n) is 10.6. The number of carboxylic acid groups (broad SMARTS) is 1. The Balaban J connectivity index is 0.000000399. The van der Waals surface area contributed by atoms with Gasteiger partial charge in [0.25, 0.3) is 0 Å². The van der Waals surface area contributed by atoms with Crippen molar-refractivity contribution < 1.29 is 19.4 Å². The number of nitriles is 1. The highest BCUT2D eigenvalue weighted by Gasteiger charge is 2.05. The number of para-hydroxylation sites is 1. The Morgan fingerprint density at radius 2 is 2.11 bits per heavy atom. The highest BCUT2D eigenvalue weighted by Crippen LogP contribution is 2.27. The van der Waals surface area contributed by atoms with E-state index in [2.05, 4.69) is 0 Å². The van der Waals surface area contributed by atoms with Crippen LogP contribution < -0.4 is 4.74 Å². The van der Waals surface area contributed by atoms with Crippen molar-refractivity contribution in [2.45, 2.75) is 20.3 Å². The summed E-state index contributed by atoms with van der Waals surface area (Å²) in [7, 11) is 0. The third-order valence-electron chi connectivity index (χ3n) is 1.78. The molecule has 0 amide bonds. The van der Waals surface area contributed by atoms with Gasteiger partial charge in [-0.2, -0.15) is 5.26 Å². The molecule has 1 rings (SSSR count). The maximum atomic E-state index is 9.87. The lowest BCUT2D eigenvalue weighted by Crippen LogP contribution is -2.00. The van der Waals surface area contributed by atoms with Gasteiger partial charge in [0.1, 0.15) is 18.3 Å². The van der Waals surface area contributed by atoms with Crippen molar-refractivity contribution in [2.75, 3.05) is 6.61 Å². The number of hydrogen-bond donors (Lipinski definition) is 1. The largest absolute Gasteiger partial charge is 0.491 e. The van der Waals surface area contributed by atoms with Crippen LogP contribution in [0.2, 0.25) is 5.02 Å². The summed E-state index contributed by atoms with van der Waals surface area (Å²) >= 11 is 5.81. The molecule has 1 aromatic carbocycles. The predicted molar refractivity (Wildman–Crippen MR) is 70.3 cm³/mol. The quantitative estimate of drug-likeness (QED) is 0.858. The van der Waals surface area contributed by atoms with E-state index in [0.29, 0.717) is 22.9 Å². The Hall–Kier alpha value is -2.06. The summed E-state index contributed by atoms with van der Waals surface area (Å²) in [6.07, 6.45) is -0.361. The van der Waals surface area contributed by atoms with Gasteiger partial charge in [-0.1, -0.05) is 17.7 Å². The number of rotatable bonds is 4. The number of aliphatic carboxylic acids is 1. The molecule has 0 aliphatic carbocycles. The molecule has 0 spiro atoms. The number of carbonyl (C=O) groups is 2. The van der Waals surface area contributed by atoms with Gasteiger partial charge in [0.2, 0.25) is 0 Å². The summed E-state index contributed by atoms with van der Waals surface area (Å²) in [6.45, 7) is 3.61. The Labute approximate surface area is 116 Å². The van der Waals surface area contributed by atoms with Gasteiger partial charge in [-0.25, -0.2) is 0 Å². The van der Waals surface area contributed by atoms with Gasteiger partial charge in [0, 0.05) is 0 Å². The molecule has 0 aliphatic heterocycles. The lowest BCUT2D eigenvalue weighted by molar-refractivity contribution is -0.139. The summed E-state index contributed by atoms with van der Waals surface area (Å²) in [5.74, 6) is -0.899. The molecule has 0 fully saturated rings. The molecule has 5 nitrogen and oxygen atoms in total. The normalized spacial score (nSPS) is 8.74. The van der Waals surface area contributed by atoms with Crippen molar-refractivity contribution >= 4 is 23.4 Å². The van der Waals surface area contributed by atoms with Crippen LogP contribution in [0.15, 0.2) is 18.2 Å². The monoisotopic (exact) mass is 283 g/mol. The van der Waals surface area contributed by atoms with E-state index in [4.69, 9.17) is 26.7 Å². The van der Waals surface area contributed by atoms with Crippen molar-refractivity contribution in [3.63, 3.8) is 0 Å². The summed E-state index contributed by atoms with van der Waals surface area (Å²) in [5.41, 5.74) is 0.476. The second-order valence-electron chi connectivity index (χ2n) is 3.43. The molecule has 0 aliphatic rings. The Morgan fingerprint density at radius 1 is 1.47 bits per heavy atom. The molecule has 0 aromatic heterocycles. The molecule has 0 radical (unpaired) electrons. The van der Waals surface area contributed by atoms with Crippen molar-refractivity contribution in [1.29, 1.82) is 5.26 Å². The van der Waals surface area contributed by atoms with Crippen LogP contribution in [-0.4, -0.2) is 23.5 Å². The number of ketones is 1. The molecule has 0 unspecified atom stereocenters. The number of ether oxygens (including phenoxy) is 1. The van der Waals surface area contributed by atoms with E-state index in [0.717, 1.165) is 0 Å². The Kier molecular flexibility index (Phi) is 7.98. The molecule has 0 heterocycles. The second kappa shape index (κ2) is 8.95. The molecule has 102 valence electrons. The fraction of sp³-hybridized carbons (Fsp3) is 0.308. The first-order chi connectivity index (χ1) is 8.92. The van der Waals surface area contributed by atoms with Crippen LogP contribution in [0.4, 0.5) is 0 Å². The molecule has 1 N–H and O–H groups in total. The third kappa shape index (κ3) is 7.06. The van der Waals surface area contributed by atoms with Crippen LogP contribution >= 0.6 is 11.6 Å². The maximum absolute atomic E-state index is 9.87. The van der Waals surface area contributed by atoms with E-state index >= 15 is 0 Å². The Morgan fingerprint density at radius 3 is 2.47 bits per heavy atom. The van der Waals surface area contributed by atoms with Gasteiger partial charge in [-0.3, -0.25) is 9.59 Å². The highest BCUT2D eigenvalue weighted by molar-refractivity contribution is 6.32. The first-order valence-electron chi connectivity index (χ1n) is 5.45. The minimum atomic E-state index is -1.06. The minimum Gasteiger partial charge on any atom is -0.491 e. The molecule has 19 heavy (non-hydrogen) atoms. The molecule has 0 bridgehead atoms. The molecule has 0 saturated heterocycles. The number of carbonyl (C=O) groups excluding carboxylic acids is 1. The van der Waals surface area contributed by atoms with E-state index in [1.54, 1.807) is 18.2 Å². The second-order valence-corrected chi connectivity index (χ2v) is 3.84. The first kappa shape index (κ1) is 16.9. The predicted octanol–water partition coefficient (Wildman–Crippen LogP) is 2.66. The molecule has 1 aromatic rings. The summed E-state index contributed by atoms with van der Waals surface area (Å²) in [4.78, 5) is 19.5. The van der Waals surface area contributed by atoms with E-state index in [-0.39, 0.29) is 12.2 Å². The summed E-state index contributed by atoms with van der Waals surface area (Å²) in [6, 6.07) is 7.12. The summed E-state index contributed by atoms with van der Waals surface area (Å²) < 4.78 is 5.20. The molecular formula is C13H14ClNO4. The van der Waals surface area contributed by atoms with Crippen molar-refractivity contribution in [1.82, 2.24) is 0 Å². The molecule has 0 atom stereocenters. The number of carboxylic acids is 1. The number of halogens is 1. The van der Waals surface area contributed by atoms with Crippen LogP contribution in [0.1, 0.15) is 25.8 Å². The van der Waals surface area contributed by atoms with Crippen LogP contribution in [0.3, 0.4) is 0 Å². The van der Waals surface area contributed by atoms with Gasteiger partial charge in [-0.05, 0) is 26.0 Å². The minimum absolute atomic E-state index is 0.312. The smallest absolute Gasteiger partial charge is 0.310 e. The van der Waals surface area contributed by atoms with E-state index < -0.39 is 5.97 Å². The van der Waals surface area contributed by atoms with Crippen molar-refractivity contribution in [2.24, 2.45) is 0 Å². The first-order valence-corrected chi connectivity index (χ1v) is 5.82. The molecule has 0 saturated carbocycles. The van der Waals surface area contributed by atoms with Crippen molar-refractivity contribution in [3.8, 4) is 11.8 Å². The van der Waals surface area contributed by atoms with Crippen molar-refractivity contribution in [3.05, 3.63) is 28.8 Å². The van der Waals surface area contributed by atoms with Crippen LogP contribution in [-0.2, 0) is 9.59 Å². The van der Waals surface area contributed by atoms with Crippen LogP contribution in [0, 0.1) is 11.3 Å². The number of Topliss-reactive ketones (excluding diaryl/α,β-unsaturated/α-hetero) is 1. The fourth-order valence-corrected chi connectivity index (χ4v) is 1.33. The van der Waals surface area contributed by atoms with E-state index in [1.165, 1.54) is 6.92 Å². The fourth-order valence-electron chi connectivity index (χ4n) is 1.10. The third-order valence-corrected chi connectivity index (χ3v) is 2.07. The average Bonchev–Trinajstić information content (AvgIpc) is 2.31. The number of hydrogen-bond acceptors (Lipinski definition) is 4. The van der Waals surface area contributed by atoms with Crippen LogP contribution in [0.25, 0.3) is 0 Å². The number of benzene rings is 1.